The van der Waals surface area contributed by atoms with E-state index in [1.165, 1.54) is 5.56 Å². The summed E-state index contributed by atoms with van der Waals surface area (Å²) in [6, 6.07) is 12.2. The van der Waals surface area contributed by atoms with Crippen molar-refractivity contribution in [2.75, 3.05) is 13.1 Å². The number of carbonyl (C=O) groups is 1. The Morgan fingerprint density at radius 1 is 1.10 bits per heavy atom. The molecule has 1 aliphatic rings. The van der Waals surface area contributed by atoms with Gasteiger partial charge in [-0.05, 0) is 61.9 Å². The number of benzene rings is 1. The molecule has 3 heterocycles. The highest BCUT2D eigenvalue weighted by Gasteiger charge is 2.29. The van der Waals surface area contributed by atoms with E-state index in [0.717, 1.165) is 35.6 Å². The van der Waals surface area contributed by atoms with Gasteiger partial charge in [0.2, 0.25) is 0 Å². The van der Waals surface area contributed by atoms with E-state index in [1.54, 1.807) is 0 Å². The number of hydrogen-bond donors (Lipinski definition) is 0. The summed E-state index contributed by atoms with van der Waals surface area (Å²) in [7, 11) is 0. The SMILES string of the molecule is Cc1ccc(C(C)C)cc1O[C@H](C)C(=O)N1CCC(c2nnc3ccccn23)CC1. The van der Waals surface area contributed by atoms with E-state index in [9.17, 15) is 4.79 Å². The molecule has 1 atom stereocenters. The summed E-state index contributed by atoms with van der Waals surface area (Å²) in [6.45, 7) is 9.61. The molecule has 0 radical (unpaired) electrons. The molecule has 0 bridgehead atoms. The van der Waals surface area contributed by atoms with Gasteiger partial charge >= 0.3 is 0 Å². The molecule has 0 unspecified atom stereocenters. The number of likely N-dealkylation sites (tertiary alicyclic amines) is 1. The lowest BCUT2D eigenvalue weighted by Crippen LogP contribution is -2.44. The third-order valence-electron chi connectivity index (χ3n) is 6.04. The molecule has 2 aromatic heterocycles. The number of rotatable bonds is 5. The maximum Gasteiger partial charge on any atom is 0.263 e. The van der Waals surface area contributed by atoms with Gasteiger partial charge in [0.25, 0.3) is 5.91 Å². The van der Waals surface area contributed by atoms with E-state index in [1.807, 2.05) is 43.1 Å². The maximum atomic E-state index is 13.0. The molecule has 3 aromatic rings. The smallest absolute Gasteiger partial charge is 0.263 e. The van der Waals surface area contributed by atoms with Crippen molar-refractivity contribution < 1.29 is 9.53 Å². The highest BCUT2D eigenvalue weighted by molar-refractivity contribution is 5.81. The van der Waals surface area contributed by atoms with E-state index < -0.39 is 6.10 Å². The van der Waals surface area contributed by atoms with Crippen LogP contribution in [0.3, 0.4) is 0 Å². The van der Waals surface area contributed by atoms with Crippen LogP contribution in [0.15, 0.2) is 42.6 Å². The summed E-state index contributed by atoms with van der Waals surface area (Å²) < 4.78 is 8.14. The van der Waals surface area contributed by atoms with Gasteiger partial charge in [0.05, 0.1) is 0 Å². The summed E-state index contributed by atoms with van der Waals surface area (Å²) in [4.78, 5) is 14.9. The zero-order chi connectivity index (χ0) is 21.3. The molecule has 1 fully saturated rings. The Morgan fingerprint density at radius 3 is 2.60 bits per heavy atom. The number of amides is 1. The molecule has 1 amide bonds. The Labute approximate surface area is 177 Å². The summed E-state index contributed by atoms with van der Waals surface area (Å²) in [5.74, 6) is 2.57. The fourth-order valence-corrected chi connectivity index (χ4v) is 4.10. The third kappa shape index (κ3) is 4.04. The number of fused-ring (bicyclic) bond motifs is 1. The minimum atomic E-state index is -0.503. The molecule has 0 spiro atoms. The molecule has 158 valence electrons. The second kappa shape index (κ2) is 8.46. The number of piperidine rings is 1. The van der Waals surface area contributed by atoms with Crippen LogP contribution in [0.4, 0.5) is 0 Å². The van der Waals surface area contributed by atoms with Crippen molar-refractivity contribution in [2.45, 2.75) is 58.5 Å². The van der Waals surface area contributed by atoms with Crippen molar-refractivity contribution in [1.29, 1.82) is 0 Å². The predicted octanol–water partition coefficient (Wildman–Crippen LogP) is 4.33. The number of nitrogens with zero attached hydrogens (tertiary/aromatic N) is 4. The topological polar surface area (TPSA) is 59.7 Å². The maximum absolute atomic E-state index is 13.0. The average Bonchev–Trinajstić information content (AvgIpc) is 3.19. The Balaban J connectivity index is 1.39. The van der Waals surface area contributed by atoms with Gasteiger partial charge in [-0.3, -0.25) is 9.20 Å². The van der Waals surface area contributed by atoms with Crippen LogP contribution in [0, 0.1) is 6.92 Å². The molecule has 6 nitrogen and oxygen atoms in total. The van der Waals surface area contributed by atoms with Gasteiger partial charge in [0.1, 0.15) is 11.6 Å². The minimum Gasteiger partial charge on any atom is -0.481 e. The summed E-state index contributed by atoms with van der Waals surface area (Å²) in [5.41, 5.74) is 3.14. The van der Waals surface area contributed by atoms with Gasteiger partial charge in [-0.15, -0.1) is 10.2 Å². The van der Waals surface area contributed by atoms with Crippen molar-refractivity contribution in [1.82, 2.24) is 19.5 Å². The number of aryl methyl sites for hydroxylation is 1. The second-order valence-corrected chi connectivity index (χ2v) is 8.53. The first-order valence-electron chi connectivity index (χ1n) is 10.8. The van der Waals surface area contributed by atoms with E-state index in [4.69, 9.17) is 4.74 Å². The number of hydrogen-bond acceptors (Lipinski definition) is 4. The first-order chi connectivity index (χ1) is 14.4. The Kier molecular flexibility index (Phi) is 5.75. The lowest BCUT2D eigenvalue weighted by molar-refractivity contribution is -0.139. The predicted molar refractivity (Wildman–Crippen MR) is 117 cm³/mol. The van der Waals surface area contributed by atoms with Crippen LogP contribution in [-0.4, -0.2) is 44.6 Å². The number of ether oxygens (including phenoxy) is 1. The lowest BCUT2D eigenvalue weighted by Gasteiger charge is -2.33. The lowest BCUT2D eigenvalue weighted by atomic mass is 9.95. The van der Waals surface area contributed by atoms with Gasteiger partial charge in [0.15, 0.2) is 11.8 Å². The fourth-order valence-electron chi connectivity index (χ4n) is 4.10. The third-order valence-corrected chi connectivity index (χ3v) is 6.04. The molecular weight excluding hydrogens is 376 g/mol. The van der Waals surface area contributed by atoms with Gasteiger partial charge in [-0.1, -0.05) is 32.0 Å². The Morgan fingerprint density at radius 2 is 1.87 bits per heavy atom. The van der Waals surface area contributed by atoms with Crippen molar-refractivity contribution in [3.05, 3.63) is 59.5 Å². The summed E-state index contributed by atoms with van der Waals surface area (Å²) in [6.07, 6.45) is 3.27. The van der Waals surface area contributed by atoms with Crippen LogP contribution >= 0.6 is 0 Å². The first-order valence-corrected chi connectivity index (χ1v) is 10.8. The van der Waals surface area contributed by atoms with Gasteiger partial charge in [-0.25, -0.2) is 0 Å². The van der Waals surface area contributed by atoms with Gasteiger partial charge in [0, 0.05) is 25.2 Å². The number of carbonyl (C=O) groups excluding carboxylic acids is 1. The molecule has 0 aliphatic carbocycles. The standard InChI is InChI=1S/C24H30N4O2/c1-16(2)20-9-8-17(3)21(15-20)30-18(4)24(29)27-13-10-19(11-14-27)23-26-25-22-7-5-6-12-28(22)23/h5-9,12,15-16,18-19H,10-11,13-14H2,1-4H3/t18-/m1/s1. The summed E-state index contributed by atoms with van der Waals surface area (Å²) >= 11 is 0. The Bertz CT molecular complexity index is 1030. The van der Waals surface area contributed by atoms with E-state index in [0.29, 0.717) is 24.9 Å². The quantitative estimate of drug-likeness (QED) is 0.633. The second-order valence-electron chi connectivity index (χ2n) is 8.53. The largest absolute Gasteiger partial charge is 0.481 e. The number of aromatic nitrogens is 3. The molecule has 30 heavy (non-hydrogen) atoms. The van der Waals surface area contributed by atoms with Crippen LogP contribution < -0.4 is 4.74 Å². The molecule has 0 saturated carbocycles. The average molecular weight is 407 g/mol. The van der Waals surface area contributed by atoms with E-state index in [2.05, 4.69) is 46.6 Å². The molecule has 1 saturated heterocycles. The number of pyridine rings is 1. The van der Waals surface area contributed by atoms with Crippen molar-refractivity contribution in [3.8, 4) is 5.75 Å². The molecule has 1 aliphatic heterocycles. The molecule has 0 N–H and O–H groups in total. The van der Waals surface area contributed by atoms with Gasteiger partial charge in [-0.2, -0.15) is 0 Å². The molecule has 1 aromatic carbocycles. The first kappa shape index (κ1) is 20.4. The molecule has 6 heteroatoms. The zero-order valence-electron chi connectivity index (χ0n) is 18.2. The Hall–Kier alpha value is -2.89. The van der Waals surface area contributed by atoms with Crippen molar-refractivity contribution >= 4 is 11.6 Å². The highest BCUT2D eigenvalue weighted by atomic mass is 16.5. The van der Waals surface area contributed by atoms with Crippen LogP contribution in [0.25, 0.3) is 5.65 Å². The molecular formula is C24H30N4O2. The summed E-state index contributed by atoms with van der Waals surface area (Å²) in [5, 5.41) is 8.66. The van der Waals surface area contributed by atoms with Crippen molar-refractivity contribution in [2.24, 2.45) is 0 Å². The minimum absolute atomic E-state index is 0.0499. The highest BCUT2D eigenvalue weighted by Crippen LogP contribution is 2.29. The zero-order valence-corrected chi connectivity index (χ0v) is 18.2. The molecule has 4 rings (SSSR count). The monoisotopic (exact) mass is 406 g/mol. The normalized spacial score (nSPS) is 16.2. The van der Waals surface area contributed by atoms with Crippen LogP contribution in [0.5, 0.6) is 5.75 Å². The van der Waals surface area contributed by atoms with E-state index in [-0.39, 0.29) is 5.91 Å². The fraction of sp³-hybridized carbons (Fsp3) is 0.458. The van der Waals surface area contributed by atoms with E-state index >= 15 is 0 Å². The van der Waals surface area contributed by atoms with Crippen LogP contribution in [0.1, 0.15) is 62.4 Å². The van der Waals surface area contributed by atoms with Gasteiger partial charge < -0.3 is 9.64 Å². The van der Waals surface area contributed by atoms with Crippen LogP contribution in [-0.2, 0) is 4.79 Å². The van der Waals surface area contributed by atoms with Crippen LogP contribution in [0.2, 0.25) is 0 Å². The van der Waals surface area contributed by atoms with Crippen molar-refractivity contribution in [3.63, 3.8) is 0 Å².